The Hall–Kier alpha value is -0.518. The minimum Gasteiger partial charge on any atom is -0.543 e. The monoisotopic (exact) mass is 832 g/mol. The molecule has 2 saturated heterocycles. The first kappa shape index (κ1) is 35.7. The summed E-state index contributed by atoms with van der Waals surface area (Å²) in [5.41, 5.74) is -0.942. The number of aromatic nitrogens is 2. The van der Waals surface area contributed by atoms with Crippen molar-refractivity contribution in [3.8, 4) is 0 Å². The van der Waals surface area contributed by atoms with E-state index in [2.05, 4.69) is 9.83 Å². The van der Waals surface area contributed by atoms with Gasteiger partial charge in [0, 0.05) is 56.2 Å². The molecule has 2 N–H and O–H groups in total. The number of alkyl halides is 1. The molecule has 3 heterocycles. The van der Waals surface area contributed by atoms with Crippen LogP contribution in [0.5, 0.6) is 0 Å². The summed E-state index contributed by atoms with van der Waals surface area (Å²) in [7, 11) is 1.52. The molecule has 0 aromatic carbocycles. The molecule has 9 atom stereocenters. The largest absolute Gasteiger partial charge is 0.543 e. The minimum atomic E-state index is -3.66. The number of ether oxygens (including phenoxy) is 4. The van der Waals surface area contributed by atoms with Gasteiger partial charge in [-0.3, -0.25) is 23.3 Å². The third-order valence-corrected chi connectivity index (χ3v) is 8.58. The normalized spacial score (nSPS) is 30.4. The number of rotatable bonds is 14. The fourth-order valence-corrected chi connectivity index (χ4v) is 6.03. The molecule has 0 radical (unpaired) electrons. The third-order valence-electron chi connectivity index (χ3n) is 6.22. The fraction of sp³-hybridized carbons (Fsp3) is 0.739. The van der Waals surface area contributed by atoms with Crippen molar-refractivity contribution in [2.75, 3.05) is 33.5 Å². The van der Waals surface area contributed by atoms with Gasteiger partial charge in [0.05, 0.1) is 37.6 Å². The molecule has 0 bridgehead atoms. The summed E-state index contributed by atoms with van der Waals surface area (Å²) in [5.74, 6) is 0. The zero-order valence-electron chi connectivity index (χ0n) is 22.6. The standard InChI is InChI=1S/C23H34FN3O10PS.U/c1-6-16-19(37-38(39,34-8-7-25-4)35-12-17-18(28)15(24)11-32-17)20(33-10-14(3)31-5)22(36-16)27-9-13(2)21(29)26-23(27)30;/h9,11,14-20,22,28H,6-8,10,12H2,1-3,5H3,(H,26,29,30);/q-1;/t14-,15+,16+,17+,18?,19?,20-,22+,38?;/m0./s1. The van der Waals surface area contributed by atoms with E-state index in [0.29, 0.717) is 6.42 Å². The summed E-state index contributed by atoms with van der Waals surface area (Å²) in [6.45, 7) is 9.06. The van der Waals surface area contributed by atoms with Crippen molar-refractivity contribution >= 4 is 18.5 Å². The number of methoxy groups -OCH3 is 1. The molecule has 2 aliphatic rings. The molecule has 0 saturated carbocycles. The summed E-state index contributed by atoms with van der Waals surface area (Å²) >= 11 is 5.63. The molecular weight excluding hydrogens is 798 g/mol. The number of nitrogens with one attached hydrogen (secondary N) is 1. The molecule has 1 aromatic rings. The van der Waals surface area contributed by atoms with Crippen LogP contribution in [0.15, 0.2) is 15.8 Å². The summed E-state index contributed by atoms with van der Waals surface area (Å²) in [4.78, 5) is 30.2. The predicted octanol–water partition coefficient (Wildman–Crippen LogP) is 1.39. The van der Waals surface area contributed by atoms with Crippen LogP contribution in [0.1, 0.15) is 32.1 Å². The second-order valence-corrected chi connectivity index (χ2v) is 12.0. The molecule has 224 valence electrons. The smallest absolute Gasteiger partial charge is 0.330 e. The van der Waals surface area contributed by atoms with E-state index in [0.717, 1.165) is 6.61 Å². The van der Waals surface area contributed by atoms with E-state index in [1.54, 1.807) is 13.8 Å². The Kier molecular flexibility index (Phi) is 14.6. The number of halogens is 1. The van der Waals surface area contributed by atoms with E-state index in [-0.39, 0.29) is 69.1 Å². The summed E-state index contributed by atoms with van der Waals surface area (Å²) < 4.78 is 55.4. The number of nitrogens with zero attached hydrogens (tertiary/aromatic N) is 2. The van der Waals surface area contributed by atoms with Crippen molar-refractivity contribution in [1.29, 1.82) is 0 Å². The molecule has 0 amide bonds. The van der Waals surface area contributed by atoms with Gasteiger partial charge < -0.3 is 37.9 Å². The average Bonchev–Trinajstić information content (AvgIpc) is 3.41. The van der Waals surface area contributed by atoms with Crippen LogP contribution in [0.3, 0.4) is 0 Å². The van der Waals surface area contributed by atoms with Crippen LogP contribution >= 0.6 is 6.72 Å². The topological polar surface area (TPSA) is 144 Å². The van der Waals surface area contributed by atoms with E-state index in [1.807, 2.05) is 6.92 Å². The molecule has 17 heteroatoms. The summed E-state index contributed by atoms with van der Waals surface area (Å²) in [6, 6.07) is 0. The number of H-pyrrole nitrogens is 1. The Balaban J connectivity index is 0.00000560. The van der Waals surface area contributed by atoms with Gasteiger partial charge in [-0.25, -0.2) is 11.4 Å². The number of hydrogen-bond acceptors (Lipinski definition) is 11. The first-order valence-corrected chi connectivity index (χ1v) is 14.9. The van der Waals surface area contributed by atoms with Gasteiger partial charge in [0.2, 0.25) is 6.54 Å². The zero-order chi connectivity index (χ0) is 28.7. The fourth-order valence-electron chi connectivity index (χ4n) is 3.95. The van der Waals surface area contributed by atoms with Gasteiger partial charge in [-0.1, -0.05) is 6.92 Å². The van der Waals surface area contributed by atoms with Crippen molar-refractivity contribution in [2.24, 2.45) is 0 Å². The zero-order valence-corrected chi connectivity index (χ0v) is 28.4. The average molecular weight is 833 g/mol. The second-order valence-electron chi connectivity index (χ2n) is 9.07. The number of aliphatic hydroxyl groups excluding tert-OH is 1. The van der Waals surface area contributed by atoms with Gasteiger partial charge >= 0.3 is 12.4 Å². The molecule has 3 unspecified atom stereocenters. The first-order chi connectivity index (χ1) is 18.5. The minimum absolute atomic E-state index is 0. The van der Waals surface area contributed by atoms with Gasteiger partial charge in [-0.15, -0.1) is 0 Å². The van der Waals surface area contributed by atoms with Gasteiger partial charge in [0.1, 0.15) is 18.8 Å². The maximum absolute atomic E-state index is 13.7. The maximum Gasteiger partial charge on any atom is 0.330 e. The molecule has 2 aliphatic heterocycles. The van der Waals surface area contributed by atoms with Gasteiger partial charge in [0.15, 0.2) is 6.23 Å². The predicted molar refractivity (Wildman–Crippen MR) is 139 cm³/mol. The van der Waals surface area contributed by atoms with E-state index in [4.69, 9.17) is 50.9 Å². The second kappa shape index (κ2) is 16.4. The van der Waals surface area contributed by atoms with Crippen LogP contribution < -0.4 is 11.2 Å². The number of aliphatic hydroxyl groups is 1. The van der Waals surface area contributed by atoms with Gasteiger partial charge in [-0.2, -0.15) is 6.61 Å². The molecule has 13 nitrogen and oxygen atoms in total. The maximum atomic E-state index is 13.7. The molecule has 1 aromatic heterocycles. The van der Waals surface area contributed by atoms with Gasteiger partial charge in [-0.05, 0) is 32.1 Å². The molecule has 40 heavy (non-hydrogen) atoms. The van der Waals surface area contributed by atoms with Crippen molar-refractivity contribution in [1.82, 2.24) is 9.55 Å². The van der Waals surface area contributed by atoms with E-state index in [1.165, 1.54) is 17.9 Å². The van der Waals surface area contributed by atoms with Crippen molar-refractivity contribution < 1.29 is 73.1 Å². The SMILES string of the molecule is [C-]#[N+]CCOP(=S)(OC[C@H]1O[CH-][C@@H](F)C1O)OC1[C@@H](CC)O[C@@H](n2cc(C)c(=O)[nH]c2=O)[C@H]1OC[C@H](C)OC.[U]. The van der Waals surface area contributed by atoms with Crippen LogP contribution in [0.4, 0.5) is 4.39 Å². The van der Waals surface area contributed by atoms with E-state index < -0.39 is 60.9 Å². The van der Waals surface area contributed by atoms with Crippen molar-refractivity contribution in [3.05, 3.63) is 50.6 Å². The molecule has 0 spiro atoms. The van der Waals surface area contributed by atoms with E-state index >= 15 is 0 Å². The quantitative estimate of drug-likeness (QED) is 0.160. The molecule has 0 aliphatic carbocycles. The number of aromatic amines is 1. The molecular formula is C23H34FN3O10PSU-. The molecule has 3 rings (SSSR count). The first-order valence-electron chi connectivity index (χ1n) is 12.4. The Bertz CT molecular complexity index is 1170. The van der Waals surface area contributed by atoms with Crippen LogP contribution in [-0.4, -0.2) is 90.9 Å². The van der Waals surface area contributed by atoms with Gasteiger partial charge in [0.25, 0.3) is 5.56 Å². The van der Waals surface area contributed by atoms with E-state index in [9.17, 15) is 19.1 Å². The summed E-state index contributed by atoms with van der Waals surface area (Å²) in [6.07, 6.45) is -6.22. The third kappa shape index (κ3) is 8.99. The number of aryl methyl sites for hydroxylation is 1. The van der Waals surface area contributed by atoms with Crippen LogP contribution in [0.2, 0.25) is 0 Å². The molecule has 2 fully saturated rings. The Morgan fingerprint density at radius 2 is 2.08 bits per heavy atom. The number of hydrogen-bond donors (Lipinski definition) is 2. The Labute approximate surface area is 260 Å². The Morgan fingerprint density at radius 1 is 1.35 bits per heavy atom. The Morgan fingerprint density at radius 3 is 2.67 bits per heavy atom. The van der Waals surface area contributed by atoms with Crippen LogP contribution in [-0.2, 0) is 44.3 Å². The van der Waals surface area contributed by atoms with Crippen LogP contribution in [0, 0.1) is 51.2 Å². The van der Waals surface area contributed by atoms with Crippen molar-refractivity contribution in [2.45, 2.75) is 76.2 Å². The van der Waals surface area contributed by atoms with Crippen molar-refractivity contribution in [3.63, 3.8) is 0 Å². The summed E-state index contributed by atoms with van der Waals surface area (Å²) in [5, 5.41) is 9.99. The van der Waals surface area contributed by atoms with Crippen LogP contribution in [0.25, 0.3) is 4.85 Å².